The van der Waals surface area contributed by atoms with Gasteiger partial charge in [-0.15, -0.1) is 6.42 Å². The number of amides is 1. The van der Waals surface area contributed by atoms with Gasteiger partial charge in [0.1, 0.15) is 11.4 Å². The number of anilines is 1. The van der Waals surface area contributed by atoms with Crippen LogP contribution in [0.2, 0.25) is 0 Å². The van der Waals surface area contributed by atoms with Gasteiger partial charge < -0.3 is 11.1 Å². The molecule has 3 nitrogen and oxygen atoms in total. The number of terminal acetylenes is 1. The zero-order chi connectivity index (χ0) is 13.0. The van der Waals surface area contributed by atoms with Crippen LogP contribution in [0.5, 0.6) is 0 Å². The maximum atomic E-state index is 13.5. The molecule has 17 heavy (non-hydrogen) atoms. The summed E-state index contributed by atoms with van der Waals surface area (Å²) in [7, 11) is 0. The molecular weight excluding hydrogens is 226 g/mol. The van der Waals surface area contributed by atoms with Gasteiger partial charge in [0.05, 0.1) is 11.7 Å². The van der Waals surface area contributed by atoms with Gasteiger partial charge in [-0.3, -0.25) is 4.79 Å². The normalized spacial score (nSPS) is 11.6. The number of carbonyl (C=O) groups excluding carboxylic acids is 1. The molecule has 0 aliphatic rings. The Bertz CT molecular complexity index is 480. The summed E-state index contributed by atoms with van der Waals surface area (Å²) in [6.45, 7) is 1.75. The van der Waals surface area contributed by atoms with Crippen LogP contribution >= 0.6 is 0 Å². The van der Waals surface area contributed by atoms with E-state index in [4.69, 9.17) is 12.2 Å². The Labute approximate surface area is 98.0 Å². The Morgan fingerprint density at radius 2 is 2.24 bits per heavy atom. The van der Waals surface area contributed by atoms with Crippen LogP contribution in [-0.2, 0) is 0 Å². The first-order valence-electron chi connectivity index (χ1n) is 5.01. The van der Waals surface area contributed by atoms with E-state index in [-0.39, 0.29) is 5.69 Å². The zero-order valence-corrected chi connectivity index (χ0v) is 9.26. The van der Waals surface area contributed by atoms with Gasteiger partial charge in [0, 0.05) is 0 Å². The van der Waals surface area contributed by atoms with Crippen LogP contribution in [0.3, 0.4) is 0 Å². The van der Waals surface area contributed by atoms with Gasteiger partial charge in [0.15, 0.2) is 5.82 Å². The number of hydrogen-bond donors (Lipinski definition) is 2. The van der Waals surface area contributed by atoms with E-state index in [1.54, 1.807) is 6.92 Å². The largest absolute Gasteiger partial charge is 0.396 e. The maximum absolute atomic E-state index is 13.5. The van der Waals surface area contributed by atoms with E-state index in [1.165, 1.54) is 0 Å². The molecule has 0 spiro atoms. The topological polar surface area (TPSA) is 55.1 Å². The van der Waals surface area contributed by atoms with Crippen molar-refractivity contribution in [1.29, 1.82) is 0 Å². The fourth-order valence-corrected chi connectivity index (χ4v) is 1.27. The smallest absolute Gasteiger partial charge is 0.258 e. The Kier molecular flexibility index (Phi) is 4.05. The quantitative estimate of drug-likeness (QED) is 0.622. The molecule has 0 saturated heterocycles. The van der Waals surface area contributed by atoms with Crippen LogP contribution in [-0.4, -0.2) is 11.9 Å². The van der Waals surface area contributed by atoms with Gasteiger partial charge in [0.25, 0.3) is 5.91 Å². The lowest BCUT2D eigenvalue weighted by molar-refractivity contribution is 0.0936. The summed E-state index contributed by atoms with van der Waals surface area (Å²) in [5.41, 5.74) is 4.26. The average molecular weight is 238 g/mol. The van der Waals surface area contributed by atoms with Crippen molar-refractivity contribution in [2.45, 2.75) is 19.4 Å². The SMILES string of the molecule is C#CC(CC)NC(=O)c1c(F)ccc(N)c1F. The van der Waals surface area contributed by atoms with E-state index in [1.807, 2.05) is 0 Å². The van der Waals surface area contributed by atoms with E-state index in [0.717, 1.165) is 12.1 Å². The third kappa shape index (κ3) is 2.72. The number of benzene rings is 1. The van der Waals surface area contributed by atoms with Gasteiger partial charge in [-0.05, 0) is 18.6 Å². The lowest BCUT2D eigenvalue weighted by Crippen LogP contribution is -2.34. The number of carbonyl (C=O) groups is 1. The first-order chi connectivity index (χ1) is 8.01. The minimum atomic E-state index is -1.07. The molecule has 1 atom stereocenters. The van der Waals surface area contributed by atoms with Gasteiger partial charge in [0.2, 0.25) is 0 Å². The van der Waals surface area contributed by atoms with Gasteiger partial charge in [-0.25, -0.2) is 8.78 Å². The van der Waals surface area contributed by atoms with Crippen LogP contribution in [0.25, 0.3) is 0 Å². The second-order valence-electron chi connectivity index (χ2n) is 3.43. The van der Waals surface area contributed by atoms with Gasteiger partial charge in [-0.1, -0.05) is 12.8 Å². The van der Waals surface area contributed by atoms with Crippen LogP contribution in [0.15, 0.2) is 12.1 Å². The molecule has 1 amide bonds. The fraction of sp³-hybridized carbons (Fsp3) is 0.250. The monoisotopic (exact) mass is 238 g/mol. The molecule has 1 unspecified atom stereocenters. The van der Waals surface area contributed by atoms with E-state index < -0.39 is 29.1 Å². The van der Waals surface area contributed by atoms with E-state index in [0.29, 0.717) is 6.42 Å². The van der Waals surface area contributed by atoms with Crippen molar-refractivity contribution in [3.05, 3.63) is 29.3 Å². The Hall–Kier alpha value is -2.09. The number of halogens is 2. The summed E-state index contributed by atoms with van der Waals surface area (Å²) in [5, 5.41) is 2.33. The van der Waals surface area contributed by atoms with E-state index >= 15 is 0 Å². The summed E-state index contributed by atoms with van der Waals surface area (Å²) in [6.07, 6.45) is 5.60. The highest BCUT2D eigenvalue weighted by Crippen LogP contribution is 2.18. The molecule has 90 valence electrons. The Morgan fingerprint density at radius 1 is 1.59 bits per heavy atom. The van der Waals surface area contributed by atoms with Crippen LogP contribution in [0.1, 0.15) is 23.7 Å². The average Bonchev–Trinajstić information content (AvgIpc) is 2.31. The molecule has 5 heteroatoms. The fourth-order valence-electron chi connectivity index (χ4n) is 1.27. The molecule has 1 aromatic carbocycles. The maximum Gasteiger partial charge on any atom is 0.258 e. The Balaban J connectivity index is 3.05. The lowest BCUT2D eigenvalue weighted by Gasteiger charge is -2.12. The number of nitrogen functional groups attached to an aromatic ring is 1. The zero-order valence-electron chi connectivity index (χ0n) is 9.26. The van der Waals surface area contributed by atoms with E-state index in [2.05, 4.69) is 11.2 Å². The molecule has 3 N–H and O–H groups in total. The molecule has 1 rings (SSSR count). The third-order valence-corrected chi connectivity index (χ3v) is 2.26. The van der Waals surface area contributed by atoms with Crippen molar-refractivity contribution in [3.63, 3.8) is 0 Å². The second kappa shape index (κ2) is 5.30. The van der Waals surface area contributed by atoms with Crippen LogP contribution in [0, 0.1) is 24.0 Å². The summed E-state index contributed by atoms with van der Waals surface area (Å²) in [5.74, 6) is -0.654. The number of hydrogen-bond acceptors (Lipinski definition) is 2. The highest BCUT2D eigenvalue weighted by atomic mass is 19.1. The standard InChI is InChI=1S/C12H12F2N2O/c1-3-7(4-2)16-12(17)10-8(13)5-6-9(15)11(10)14/h1,5-7H,4,15H2,2H3,(H,16,17). The molecule has 0 heterocycles. The highest BCUT2D eigenvalue weighted by molar-refractivity contribution is 5.96. The highest BCUT2D eigenvalue weighted by Gasteiger charge is 2.20. The minimum absolute atomic E-state index is 0.287. The third-order valence-electron chi connectivity index (χ3n) is 2.26. The molecule has 0 fully saturated rings. The van der Waals surface area contributed by atoms with Crippen molar-refractivity contribution < 1.29 is 13.6 Å². The summed E-state index contributed by atoms with van der Waals surface area (Å²) in [4.78, 5) is 11.6. The second-order valence-corrected chi connectivity index (χ2v) is 3.43. The Morgan fingerprint density at radius 3 is 2.76 bits per heavy atom. The summed E-state index contributed by atoms with van der Waals surface area (Å²) >= 11 is 0. The predicted octanol–water partition coefficient (Wildman–Crippen LogP) is 1.69. The summed E-state index contributed by atoms with van der Waals surface area (Å²) < 4.78 is 26.8. The molecule has 0 radical (unpaired) electrons. The molecule has 0 aromatic heterocycles. The summed E-state index contributed by atoms with van der Waals surface area (Å²) in [6, 6.07) is 1.42. The number of rotatable bonds is 3. The van der Waals surface area contributed by atoms with Crippen molar-refractivity contribution in [1.82, 2.24) is 5.32 Å². The first kappa shape index (κ1) is 13.0. The van der Waals surface area contributed by atoms with Crippen LogP contribution < -0.4 is 11.1 Å². The molecular formula is C12H12F2N2O. The van der Waals surface area contributed by atoms with E-state index in [9.17, 15) is 13.6 Å². The van der Waals surface area contributed by atoms with Gasteiger partial charge in [-0.2, -0.15) is 0 Å². The van der Waals surface area contributed by atoms with Crippen molar-refractivity contribution in [3.8, 4) is 12.3 Å². The first-order valence-corrected chi connectivity index (χ1v) is 5.01. The van der Waals surface area contributed by atoms with Crippen molar-refractivity contribution in [2.75, 3.05) is 5.73 Å². The van der Waals surface area contributed by atoms with Crippen LogP contribution in [0.4, 0.5) is 14.5 Å². The van der Waals surface area contributed by atoms with Gasteiger partial charge >= 0.3 is 0 Å². The molecule has 0 bridgehead atoms. The number of nitrogens with two attached hydrogens (primary N) is 1. The number of nitrogens with one attached hydrogen (secondary N) is 1. The molecule has 0 aliphatic heterocycles. The minimum Gasteiger partial charge on any atom is -0.396 e. The molecule has 1 aromatic rings. The molecule has 0 aliphatic carbocycles. The van der Waals surface area contributed by atoms with Crippen molar-refractivity contribution in [2.24, 2.45) is 0 Å². The van der Waals surface area contributed by atoms with Crippen molar-refractivity contribution >= 4 is 11.6 Å². The molecule has 0 saturated carbocycles. The lowest BCUT2D eigenvalue weighted by atomic mass is 10.1. The predicted molar refractivity (Wildman–Crippen MR) is 61.1 cm³/mol.